The molecule has 12 heteroatoms. The van der Waals surface area contributed by atoms with Crippen LogP contribution in [0.2, 0.25) is 0 Å². The molecule has 0 amide bonds. The van der Waals surface area contributed by atoms with Gasteiger partial charge in [0, 0.05) is 24.8 Å². The van der Waals surface area contributed by atoms with Crippen LogP contribution >= 0.6 is 10.2 Å². The van der Waals surface area contributed by atoms with Crippen molar-refractivity contribution in [3.05, 3.63) is 78.4 Å². The summed E-state index contributed by atoms with van der Waals surface area (Å²) in [4.78, 5) is -1.58. The Labute approximate surface area is 206 Å². The molecule has 2 N–H and O–H groups in total. The van der Waals surface area contributed by atoms with Crippen LogP contribution in [0.1, 0.15) is 18.4 Å². The molecule has 36 heavy (non-hydrogen) atoms. The zero-order chi connectivity index (χ0) is 26.3. The highest BCUT2D eigenvalue weighted by Gasteiger charge is 2.65. The third-order valence-electron chi connectivity index (χ3n) is 6.01. The highest BCUT2D eigenvalue weighted by atomic mass is 32.5. The predicted octanol–water partition coefficient (Wildman–Crippen LogP) is 7.78. The number of rotatable bonds is 6. The molecule has 1 unspecified atom stereocenters. The number of hydrogen-bond acceptors (Lipinski definition) is 4. The second-order valence-corrected chi connectivity index (χ2v) is 13.0. The molecule has 0 radical (unpaired) electrons. The fraction of sp³-hybridized carbons (Fsp3) is 0.208. The summed E-state index contributed by atoms with van der Waals surface area (Å²) in [6, 6.07) is 18.5. The topological polar surface area (TPSA) is 80.0 Å². The summed E-state index contributed by atoms with van der Waals surface area (Å²) in [7, 11) is -13.0. The first-order valence-corrected chi connectivity index (χ1v) is 14.4. The number of nitrogens with zero attached hydrogens (tertiary/aromatic N) is 2. The van der Waals surface area contributed by atoms with Gasteiger partial charge in [0.1, 0.15) is 14.8 Å². The normalized spacial score (nSPS) is 18.9. The molecule has 0 aromatic heterocycles. The lowest BCUT2D eigenvalue weighted by molar-refractivity contribution is 0.341. The lowest BCUT2D eigenvalue weighted by atomic mass is 10.0. The van der Waals surface area contributed by atoms with E-state index in [1.807, 2.05) is 12.1 Å². The maximum absolute atomic E-state index is 13.3. The van der Waals surface area contributed by atoms with E-state index in [4.69, 9.17) is 10.0 Å². The molecule has 0 saturated carbocycles. The molecule has 0 bridgehead atoms. The van der Waals surface area contributed by atoms with E-state index >= 15 is 0 Å². The standard InChI is InChI=1S/C24H23F5N4OS2/c25-36(26,27,28,29)24-11-7-21(8-12-24)32-22-13-15-33(16-14-22)35(31,34)23-9-5-20(6-10-23)19-3-1-18(17-30)2-4-19/h1-12,22,31-32H,13-16H2. The van der Waals surface area contributed by atoms with Gasteiger partial charge >= 0.3 is 10.2 Å². The maximum atomic E-state index is 13.3. The van der Waals surface area contributed by atoms with Gasteiger partial charge < -0.3 is 5.32 Å². The minimum atomic E-state index is -9.71. The van der Waals surface area contributed by atoms with Gasteiger partial charge in [-0.05, 0) is 72.5 Å². The van der Waals surface area contributed by atoms with Crippen molar-refractivity contribution in [2.75, 3.05) is 18.4 Å². The molecule has 1 aliphatic heterocycles. The molecule has 4 rings (SSSR count). The number of piperidine rings is 1. The Kier molecular flexibility index (Phi) is 6.10. The van der Waals surface area contributed by atoms with Gasteiger partial charge in [0.15, 0.2) is 0 Å². The van der Waals surface area contributed by atoms with E-state index in [0.717, 1.165) is 23.3 Å². The largest absolute Gasteiger partial charge is 0.382 e. The third kappa shape index (κ3) is 5.80. The summed E-state index contributed by atoms with van der Waals surface area (Å²) in [5.74, 6) is 0. The Morgan fingerprint density at radius 2 is 1.36 bits per heavy atom. The smallest absolute Gasteiger partial charge is 0.310 e. The van der Waals surface area contributed by atoms with Crippen molar-refractivity contribution in [1.82, 2.24) is 4.31 Å². The summed E-state index contributed by atoms with van der Waals surface area (Å²) < 4.78 is 87.8. The summed E-state index contributed by atoms with van der Waals surface area (Å²) in [5.41, 5.74) is 2.57. The summed E-state index contributed by atoms with van der Waals surface area (Å²) in [5, 5.41) is 12.0. The quantitative estimate of drug-likeness (QED) is 0.312. The summed E-state index contributed by atoms with van der Waals surface area (Å²) in [6.07, 6.45) is 0.949. The number of benzene rings is 3. The number of nitrogens with one attached hydrogen (secondary N) is 2. The van der Waals surface area contributed by atoms with Crippen LogP contribution in [0.25, 0.3) is 11.1 Å². The highest BCUT2D eigenvalue weighted by Crippen LogP contribution is 3.02. The van der Waals surface area contributed by atoms with Gasteiger partial charge in [0.25, 0.3) is 0 Å². The van der Waals surface area contributed by atoms with E-state index in [0.29, 0.717) is 48.5 Å². The van der Waals surface area contributed by atoms with Crippen LogP contribution in [0.4, 0.5) is 25.1 Å². The number of nitriles is 1. The van der Waals surface area contributed by atoms with Crippen molar-refractivity contribution in [3.8, 4) is 17.2 Å². The van der Waals surface area contributed by atoms with Gasteiger partial charge in [-0.3, -0.25) is 0 Å². The Balaban J connectivity index is 1.38. The SMILES string of the molecule is N#Cc1ccc(-c2ccc(S(=N)(=O)N3CCC(Nc4ccc(S(F)(F)(F)(F)F)cc4)CC3)cc2)cc1. The fourth-order valence-corrected chi connectivity index (χ4v) is 6.20. The maximum Gasteiger partial charge on any atom is 0.310 e. The number of hydrogen-bond donors (Lipinski definition) is 2. The molecule has 192 valence electrons. The number of anilines is 1. The molecule has 1 saturated heterocycles. The van der Waals surface area contributed by atoms with Gasteiger partial charge in [0.2, 0.25) is 0 Å². The van der Waals surface area contributed by atoms with Crippen LogP contribution in [-0.2, 0) is 9.92 Å². The lowest BCUT2D eigenvalue weighted by Crippen LogP contribution is -2.41. The lowest BCUT2D eigenvalue weighted by Gasteiger charge is -2.40. The number of halogens is 5. The second-order valence-electron chi connectivity index (χ2n) is 8.58. The van der Waals surface area contributed by atoms with Crippen molar-refractivity contribution in [1.29, 1.82) is 10.0 Å². The Bertz CT molecular complexity index is 1390. The molecular weight excluding hydrogens is 519 g/mol. The van der Waals surface area contributed by atoms with Crippen LogP contribution in [0, 0.1) is 16.1 Å². The monoisotopic (exact) mass is 542 g/mol. The van der Waals surface area contributed by atoms with Crippen LogP contribution in [0.3, 0.4) is 0 Å². The van der Waals surface area contributed by atoms with Gasteiger partial charge in [-0.25, -0.2) is 13.3 Å². The molecule has 1 aliphatic rings. The Hall–Kier alpha value is -3.14. The van der Waals surface area contributed by atoms with Crippen LogP contribution in [0.5, 0.6) is 0 Å². The van der Waals surface area contributed by atoms with Crippen molar-refractivity contribution < 1.29 is 23.6 Å². The van der Waals surface area contributed by atoms with Gasteiger partial charge in [0.05, 0.1) is 16.5 Å². The van der Waals surface area contributed by atoms with Crippen LogP contribution in [-0.4, -0.2) is 27.6 Å². The first-order chi connectivity index (χ1) is 16.7. The molecule has 1 atom stereocenters. The van der Waals surface area contributed by atoms with Crippen molar-refractivity contribution in [2.45, 2.75) is 28.7 Å². The Morgan fingerprint density at radius 3 is 1.83 bits per heavy atom. The molecule has 0 spiro atoms. The summed E-state index contributed by atoms with van der Waals surface area (Å²) >= 11 is 0. The Morgan fingerprint density at radius 1 is 0.861 bits per heavy atom. The molecule has 3 aromatic carbocycles. The van der Waals surface area contributed by atoms with E-state index in [1.54, 1.807) is 40.7 Å². The average Bonchev–Trinajstić information content (AvgIpc) is 2.83. The fourth-order valence-electron chi connectivity index (χ4n) is 4.02. The van der Waals surface area contributed by atoms with Crippen molar-refractivity contribution in [2.24, 2.45) is 0 Å². The first-order valence-electron chi connectivity index (χ1n) is 10.9. The van der Waals surface area contributed by atoms with E-state index in [2.05, 4.69) is 11.4 Å². The van der Waals surface area contributed by atoms with E-state index in [9.17, 15) is 23.6 Å². The summed E-state index contributed by atoms with van der Waals surface area (Å²) in [6.45, 7) is 0.641. The zero-order valence-corrected chi connectivity index (χ0v) is 20.5. The van der Waals surface area contributed by atoms with Crippen LogP contribution < -0.4 is 5.32 Å². The average molecular weight is 543 g/mol. The highest BCUT2D eigenvalue weighted by molar-refractivity contribution is 8.45. The molecular formula is C24H23F5N4OS2. The van der Waals surface area contributed by atoms with Crippen molar-refractivity contribution in [3.63, 3.8) is 0 Å². The van der Waals surface area contributed by atoms with Crippen molar-refractivity contribution >= 4 is 25.8 Å². The minimum absolute atomic E-state index is 0.166. The molecule has 5 nitrogen and oxygen atoms in total. The molecule has 1 fully saturated rings. The molecule has 3 aromatic rings. The first kappa shape index (κ1) is 25.9. The van der Waals surface area contributed by atoms with E-state index in [1.165, 1.54) is 0 Å². The minimum Gasteiger partial charge on any atom is -0.382 e. The van der Waals surface area contributed by atoms with Gasteiger partial charge in [-0.1, -0.05) is 43.7 Å². The van der Waals surface area contributed by atoms with Gasteiger partial charge in [-0.2, -0.15) is 5.26 Å². The third-order valence-corrected chi connectivity index (χ3v) is 9.18. The van der Waals surface area contributed by atoms with E-state index < -0.39 is 25.0 Å². The van der Waals surface area contributed by atoms with E-state index in [-0.39, 0.29) is 11.7 Å². The molecule has 0 aliphatic carbocycles. The van der Waals surface area contributed by atoms with Gasteiger partial charge in [-0.15, -0.1) is 0 Å². The van der Waals surface area contributed by atoms with Crippen LogP contribution in [0.15, 0.2) is 82.6 Å². The second kappa shape index (κ2) is 8.47. The molecule has 1 heterocycles. The predicted molar refractivity (Wildman–Crippen MR) is 132 cm³/mol. The zero-order valence-electron chi connectivity index (χ0n) is 18.8.